The Morgan fingerprint density at radius 3 is 1.24 bits per heavy atom. The van der Waals surface area contributed by atoms with Crippen LogP contribution >= 0.6 is 7.82 Å². The van der Waals surface area contributed by atoms with E-state index in [4.69, 9.17) is 13.8 Å². The molecule has 1 amide bonds. The van der Waals surface area contributed by atoms with Crippen molar-refractivity contribution in [2.45, 2.75) is 270 Å². The molecule has 0 aromatic rings. The SMILES string of the molecule is CC/C=C\C/C=C\C/C=C\C/C=C\C/C=C\CCCCCCCCCC(=O)NC(COP(=O)(O)OCC[N+](C)(C)C)C(/C=C\CCCCCCCCCCCC)OC(=O)CCCCC/C=C\C/C=C\C/C=C\C/C=C\CCCCC. The lowest BCUT2D eigenvalue weighted by molar-refractivity contribution is -0.870. The van der Waals surface area contributed by atoms with Gasteiger partial charge in [-0.25, -0.2) is 4.57 Å². The van der Waals surface area contributed by atoms with E-state index in [0.717, 1.165) is 122 Å². The third-order valence-corrected chi connectivity index (χ3v) is 14.6. The first-order valence-electron chi connectivity index (χ1n) is 32.4. The average Bonchev–Trinajstić information content (AvgIpc) is 3.42. The fraction of sp³-hybridized carbons (Fsp3) is 0.686. The number of quaternary nitrogens is 1. The zero-order valence-electron chi connectivity index (χ0n) is 52.3. The van der Waals surface area contributed by atoms with Gasteiger partial charge in [0, 0.05) is 12.8 Å². The molecule has 458 valence electrons. The molecule has 0 aliphatic heterocycles. The Kier molecular flexibility index (Phi) is 56.0. The van der Waals surface area contributed by atoms with E-state index in [1.165, 1.54) is 96.3 Å². The summed E-state index contributed by atoms with van der Waals surface area (Å²) in [7, 11) is 1.45. The number of ether oxygens (including phenoxy) is 1. The van der Waals surface area contributed by atoms with Gasteiger partial charge in [0.2, 0.25) is 5.91 Å². The van der Waals surface area contributed by atoms with Crippen LogP contribution in [-0.2, 0) is 27.9 Å². The van der Waals surface area contributed by atoms with Crippen LogP contribution in [0.5, 0.6) is 0 Å². The van der Waals surface area contributed by atoms with Gasteiger partial charge in [0.25, 0.3) is 0 Å². The summed E-state index contributed by atoms with van der Waals surface area (Å²) >= 11 is 0. The summed E-state index contributed by atoms with van der Waals surface area (Å²) in [5.41, 5.74) is 0. The Hall–Kier alpha value is -3.59. The molecule has 0 aliphatic rings. The number of phosphoric ester groups is 1. The molecule has 0 fully saturated rings. The van der Waals surface area contributed by atoms with Gasteiger partial charge >= 0.3 is 13.8 Å². The van der Waals surface area contributed by atoms with Crippen LogP contribution in [-0.4, -0.2) is 74.3 Å². The highest BCUT2D eigenvalue weighted by molar-refractivity contribution is 7.47. The highest BCUT2D eigenvalue weighted by atomic mass is 31.2. The summed E-state index contributed by atoms with van der Waals surface area (Å²) in [6, 6.07) is -0.877. The zero-order valence-corrected chi connectivity index (χ0v) is 53.2. The number of esters is 1. The standard InChI is InChI=1S/C70H121N2O7P/c1-7-10-13-16-19-22-25-28-30-32-34-35-36-37-39-40-42-44-47-50-53-56-59-62-69(73)71-67(66-78-80(75,76)77-65-64-72(4,5)6)68(61-58-55-52-49-46-27-24-21-18-15-12-9-3)79-70(74)63-60-57-54-51-48-45-43-41-38-33-31-29-26-23-20-17-14-11-8-2/h10,13,19-20,22-23,28-31,34-35,37-39,41,45,48,58,61,67-68H,7-9,11-12,14-18,21,24-27,32-33,36,40,42-44,46-47,49-57,59-60,62-66H2,1-6H3,(H-,71,73,75,76)/p+1/b13-10-,22-19-,23-20-,30-28-,31-29-,35-34-,39-37-,41-38-,48-45-,61-58-. The van der Waals surface area contributed by atoms with Crippen LogP contribution in [0.3, 0.4) is 0 Å². The van der Waals surface area contributed by atoms with Crippen molar-refractivity contribution in [3.05, 3.63) is 122 Å². The summed E-state index contributed by atoms with van der Waals surface area (Å²) in [5, 5.41) is 3.04. The Morgan fingerprint density at radius 1 is 0.450 bits per heavy atom. The highest BCUT2D eigenvalue weighted by Crippen LogP contribution is 2.43. The minimum atomic E-state index is -4.47. The molecule has 80 heavy (non-hydrogen) atoms. The summed E-state index contributed by atoms with van der Waals surface area (Å²) in [6.45, 7) is 6.83. The third kappa shape index (κ3) is 59.0. The van der Waals surface area contributed by atoms with Crippen molar-refractivity contribution in [1.29, 1.82) is 0 Å². The van der Waals surface area contributed by atoms with Gasteiger partial charge in [-0.3, -0.25) is 18.6 Å². The molecule has 3 unspecified atom stereocenters. The topological polar surface area (TPSA) is 111 Å². The smallest absolute Gasteiger partial charge is 0.456 e. The largest absolute Gasteiger partial charge is 0.472 e. The first-order valence-corrected chi connectivity index (χ1v) is 33.9. The molecule has 0 spiro atoms. The van der Waals surface area contributed by atoms with E-state index >= 15 is 0 Å². The van der Waals surface area contributed by atoms with E-state index in [1.54, 1.807) is 0 Å². The van der Waals surface area contributed by atoms with Crippen molar-refractivity contribution in [3.63, 3.8) is 0 Å². The molecule has 0 rings (SSSR count). The minimum Gasteiger partial charge on any atom is -0.456 e. The van der Waals surface area contributed by atoms with E-state index < -0.39 is 20.0 Å². The second-order valence-electron chi connectivity index (χ2n) is 22.5. The Bertz CT molecular complexity index is 1780. The number of carbonyl (C=O) groups excluding carboxylic acids is 2. The predicted molar refractivity (Wildman–Crippen MR) is 346 cm³/mol. The van der Waals surface area contributed by atoms with Crippen molar-refractivity contribution in [3.8, 4) is 0 Å². The summed E-state index contributed by atoms with van der Waals surface area (Å²) in [5.74, 6) is -0.560. The Balaban J connectivity index is 5.29. The highest BCUT2D eigenvalue weighted by Gasteiger charge is 2.30. The molecule has 3 atom stereocenters. The second kappa shape index (κ2) is 58.6. The van der Waals surface area contributed by atoms with E-state index in [0.29, 0.717) is 23.9 Å². The van der Waals surface area contributed by atoms with Crippen molar-refractivity contribution in [1.82, 2.24) is 5.32 Å². The molecule has 0 saturated carbocycles. The maximum atomic E-state index is 13.6. The number of hydrogen-bond donors (Lipinski definition) is 2. The van der Waals surface area contributed by atoms with Crippen LogP contribution in [0.4, 0.5) is 0 Å². The normalized spacial score (nSPS) is 14.4. The summed E-state index contributed by atoms with van der Waals surface area (Å²) in [6.07, 6.45) is 81.9. The number of likely N-dealkylation sites (N-methyl/N-ethyl adjacent to an activating group) is 1. The molecule has 0 saturated heterocycles. The second-order valence-corrected chi connectivity index (χ2v) is 24.0. The van der Waals surface area contributed by atoms with Gasteiger partial charge in [0.1, 0.15) is 19.3 Å². The van der Waals surface area contributed by atoms with Crippen molar-refractivity contribution >= 4 is 19.7 Å². The Labute approximate surface area is 493 Å². The van der Waals surface area contributed by atoms with Crippen molar-refractivity contribution in [2.24, 2.45) is 0 Å². The predicted octanol–water partition coefficient (Wildman–Crippen LogP) is 20.3. The minimum absolute atomic E-state index is 0.0260. The molecular weight excluding hydrogens is 1010 g/mol. The number of unbranched alkanes of at least 4 members (excludes halogenated alkanes) is 23. The zero-order chi connectivity index (χ0) is 58.6. The van der Waals surface area contributed by atoms with Gasteiger partial charge in [-0.15, -0.1) is 0 Å². The number of carbonyl (C=O) groups is 2. The first-order chi connectivity index (χ1) is 38.9. The average molecular weight is 1130 g/mol. The molecule has 0 radical (unpaired) electrons. The molecule has 0 aromatic carbocycles. The van der Waals surface area contributed by atoms with E-state index in [9.17, 15) is 19.0 Å². The first kappa shape index (κ1) is 76.4. The van der Waals surface area contributed by atoms with E-state index in [-0.39, 0.29) is 31.5 Å². The van der Waals surface area contributed by atoms with Crippen LogP contribution in [0.1, 0.15) is 258 Å². The number of phosphoric acid groups is 1. The van der Waals surface area contributed by atoms with Gasteiger partial charge in [-0.1, -0.05) is 245 Å². The van der Waals surface area contributed by atoms with Gasteiger partial charge in [-0.05, 0) is 122 Å². The number of hydrogen-bond acceptors (Lipinski definition) is 6. The lowest BCUT2D eigenvalue weighted by Gasteiger charge is -2.27. The molecule has 0 aliphatic carbocycles. The molecule has 0 bridgehead atoms. The van der Waals surface area contributed by atoms with Crippen LogP contribution in [0.15, 0.2) is 122 Å². The fourth-order valence-corrected chi connectivity index (χ4v) is 9.39. The molecule has 9 nitrogen and oxygen atoms in total. The van der Waals surface area contributed by atoms with Gasteiger partial charge in [-0.2, -0.15) is 0 Å². The fourth-order valence-electron chi connectivity index (χ4n) is 8.66. The number of amides is 1. The molecule has 0 aromatic heterocycles. The molecule has 0 heterocycles. The lowest BCUT2D eigenvalue weighted by Crippen LogP contribution is -2.47. The van der Waals surface area contributed by atoms with Crippen LogP contribution in [0, 0.1) is 0 Å². The van der Waals surface area contributed by atoms with E-state index in [2.05, 4.69) is 135 Å². The monoisotopic (exact) mass is 1130 g/mol. The Morgan fingerprint density at radius 2 is 0.800 bits per heavy atom. The quantitative estimate of drug-likeness (QED) is 0.0205. The number of rotatable bonds is 57. The summed E-state index contributed by atoms with van der Waals surface area (Å²) < 4.78 is 30.7. The van der Waals surface area contributed by atoms with Crippen LogP contribution < -0.4 is 5.32 Å². The van der Waals surface area contributed by atoms with Gasteiger partial charge < -0.3 is 19.4 Å². The molecule has 2 N–H and O–H groups in total. The maximum absolute atomic E-state index is 13.6. The summed E-state index contributed by atoms with van der Waals surface area (Å²) in [4.78, 5) is 37.8. The third-order valence-electron chi connectivity index (χ3n) is 13.6. The lowest BCUT2D eigenvalue weighted by atomic mass is 10.0. The molecular formula is C70H122N2O7P+. The van der Waals surface area contributed by atoms with Crippen LogP contribution in [0.2, 0.25) is 0 Å². The van der Waals surface area contributed by atoms with Gasteiger partial charge in [0.05, 0.1) is 33.8 Å². The van der Waals surface area contributed by atoms with Crippen LogP contribution in [0.25, 0.3) is 0 Å². The van der Waals surface area contributed by atoms with Gasteiger partial charge in [0.15, 0.2) is 0 Å². The molecule has 10 heteroatoms. The number of allylic oxidation sites excluding steroid dienone is 19. The van der Waals surface area contributed by atoms with Crippen molar-refractivity contribution in [2.75, 3.05) is 40.9 Å². The maximum Gasteiger partial charge on any atom is 0.472 e. The number of nitrogens with one attached hydrogen (secondary N) is 1. The van der Waals surface area contributed by atoms with E-state index in [1.807, 2.05) is 33.3 Å². The number of nitrogens with zero attached hydrogens (tertiary/aromatic N) is 1. The van der Waals surface area contributed by atoms with Crippen molar-refractivity contribution < 1.29 is 37.3 Å².